The number of benzene rings is 2. The van der Waals surface area contributed by atoms with Gasteiger partial charge in [0.05, 0.1) is 0 Å². The van der Waals surface area contributed by atoms with Gasteiger partial charge in [-0.15, -0.1) is 0 Å². The summed E-state index contributed by atoms with van der Waals surface area (Å²) in [6.45, 7) is 4.75. The molecule has 1 fully saturated rings. The highest BCUT2D eigenvalue weighted by atomic mass is 35.5. The van der Waals surface area contributed by atoms with Crippen LogP contribution in [0.5, 0.6) is 0 Å². The van der Waals surface area contributed by atoms with E-state index in [9.17, 15) is 0 Å². The van der Waals surface area contributed by atoms with Crippen molar-refractivity contribution in [3.05, 3.63) is 70.2 Å². The first-order chi connectivity index (χ1) is 10.2. The second kappa shape index (κ2) is 4.86. The Kier molecular flexibility index (Phi) is 3.09. The molecule has 2 aromatic carbocycles. The Hall–Kier alpha value is -1.31. The van der Waals surface area contributed by atoms with Crippen LogP contribution < -0.4 is 0 Å². The van der Waals surface area contributed by atoms with E-state index < -0.39 is 0 Å². The van der Waals surface area contributed by atoms with Crippen molar-refractivity contribution in [1.29, 1.82) is 0 Å². The Morgan fingerprint density at radius 1 is 1.10 bits per heavy atom. The second-order valence-electron chi connectivity index (χ2n) is 6.51. The lowest BCUT2D eigenvalue weighted by Crippen LogP contribution is -2.45. The first-order valence-corrected chi connectivity index (χ1v) is 8.16. The third-order valence-corrected chi connectivity index (χ3v) is 5.63. The van der Waals surface area contributed by atoms with Crippen LogP contribution in [-0.2, 0) is 5.54 Å². The van der Waals surface area contributed by atoms with E-state index in [1.165, 1.54) is 36.1 Å². The van der Waals surface area contributed by atoms with E-state index in [0.29, 0.717) is 5.92 Å². The molecule has 2 heterocycles. The van der Waals surface area contributed by atoms with Crippen LogP contribution in [0.4, 0.5) is 0 Å². The average molecular weight is 298 g/mol. The second-order valence-corrected chi connectivity index (χ2v) is 6.95. The van der Waals surface area contributed by atoms with Crippen LogP contribution in [0.3, 0.4) is 0 Å². The molecular formula is C19H20ClN. The molecule has 0 aromatic heterocycles. The SMILES string of the molecule is C[C@@]12CCCN1C[C@@H](c1ccc(Cl)cc1)c1ccccc12. The van der Waals surface area contributed by atoms with Crippen molar-refractivity contribution in [3.8, 4) is 0 Å². The van der Waals surface area contributed by atoms with E-state index in [-0.39, 0.29) is 5.54 Å². The highest BCUT2D eigenvalue weighted by molar-refractivity contribution is 6.30. The van der Waals surface area contributed by atoms with Gasteiger partial charge in [0.25, 0.3) is 0 Å². The van der Waals surface area contributed by atoms with Gasteiger partial charge in [0.1, 0.15) is 0 Å². The first kappa shape index (κ1) is 13.4. The molecule has 0 saturated carbocycles. The van der Waals surface area contributed by atoms with Gasteiger partial charge in [0.2, 0.25) is 0 Å². The predicted molar refractivity (Wildman–Crippen MR) is 87.9 cm³/mol. The molecule has 2 aliphatic rings. The van der Waals surface area contributed by atoms with Crippen LogP contribution in [0.15, 0.2) is 48.5 Å². The normalized spacial score (nSPS) is 28.2. The molecule has 0 amide bonds. The van der Waals surface area contributed by atoms with Crippen molar-refractivity contribution < 1.29 is 0 Å². The zero-order valence-corrected chi connectivity index (χ0v) is 13.1. The van der Waals surface area contributed by atoms with Crippen molar-refractivity contribution in [1.82, 2.24) is 4.90 Å². The largest absolute Gasteiger partial charge is 0.293 e. The first-order valence-electron chi connectivity index (χ1n) is 7.78. The maximum Gasteiger partial charge on any atom is 0.0436 e. The fraction of sp³-hybridized carbons (Fsp3) is 0.368. The lowest BCUT2D eigenvalue weighted by molar-refractivity contribution is 0.134. The van der Waals surface area contributed by atoms with Crippen LogP contribution in [0.25, 0.3) is 0 Å². The summed E-state index contributed by atoms with van der Waals surface area (Å²) in [5.41, 5.74) is 4.63. The minimum atomic E-state index is 0.236. The predicted octanol–water partition coefficient (Wildman–Crippen LogP) is 4.80. The molecule has 2 aromatic rings. The average Bonchev–Trinajstić information content (AvgIpc) is 2.89. The third-order valence-electron chi connectivity index (χ3n) is 5.38. The zero-order valence-electron chi connectivity index (χ0n) is 12.3. The number of halogens is 1. The highest BCUT2D eigenvalue weighted by Gasteiger charge is 2.44. The fourth-order valence-electron chi connectivity index (χ4n) is 4.21. The maximum absolute atomic E-state index is 6.05. The number of hydrogen-bond acceptors (Lipinski definition) is 1. The third kappa shape index (κ3) is 2.03. The molecule has 1 saturated heterocycles. The van der Waals surface area contributed by atoms with Crippen molar-refractivity contribution in [2.24, 2.45) is 0 Å². The summed E-state index contributed by atoms with van der Waals surface area (Å²) in [7, 11) is 0. The fourth-order valence-corrected chi connectivity index (χ4v) is 4.33. The molecule has 0 spiro atoms. The Labute approximate surface area is 131 Å². The van der Waals surface area contributed by atoms with E-state index >= 15 is 0 Å². The Balaban J connectivity index is 1.85. The lowest BCUT2D eigenvalue weighted by Gasteiger charge is -2.45. The summed E-state index contributed by atoms with van der Waals surface area (Å²) in [4.78, 5) is 2.68. The van der Waals surface area contributed by atoms with Crippen LogP contribution >= 0.6 is 11.6 Å². The highest BCUT2D eigenvalue weighted by Crippen LogP contribution is 2.48. The summed E-state index contributed by atoms with van der Waals surface area (Å²) in [6.07, 6.45) is 2.58. The van der Waals surface area contributed by atoms with Gasteiger partial charge in [-0.1, -0.05) is 48.0 Å². The number of nitrogens with zero attached hydrogens (tertiary/aromatic N) is 1. The Bertz CT molecular complexity index is 664. The van der Waals surface area contributed by atoms with E-state index in [1.54, 1.807) is 0 Å². The molecule has 0 bridgehead atoms. The molecule has 0 aliphatic carbocycles. The van der Waals surface area contributed by atoms with Gasteiger partial charge in [-0.3, -0.25) is 4.90 Å². The Morgan fingerprint density at radius 3 is 2.67 bits per heavy atom. The van der Waals surface area contributed by atoms with Gasteiger partial charge in [0, 0.05) is 23.0 Å². The molecule has 2 heteroatoms. The van der Waals surface area contributed by atoms with Gasteiger partial charge >= 0.3 is 0 Å². The molecule has 0 unspecified atom stereocenters. The molecule has 108 valence electrons. The molecule has 0 radical (unpaired) electrons. The van der Waals surface area contributed by atoms with Crippen molar-refractivity contribution in [3.63, 3.8) is 0 Å². The quantitative estimate of drug-likeness (QED) is 0.731. The van der Waals surface area contributed by atoms with Crippen LogP contribution in [0.1, 0.15) is 42.4 Å². The molecule has 2 aliphatic heterocycles. The van der Waals surface area contributed by atoms with Gasteiger partial charge in [-0.05, 0) is 55.1 Å². The van der Waals surface area contributed by atoms with Crippen molar-refractivity contribution >= 4 is 11.6 Å². The molecular weight excluding hydrogens is 278 g/mol. The lowest BCUT2D eigenvalue weighted by atomic mass is 9.75. The van der Waals surface area contributed by atoms with Gasteiger partial charge < -0.3 is 0 Å². The van der Waals surface area contributed by atoms with Crippen LogP contribution in [0, 0.1) is 0 Å². The summed E-state index contributed by atoms with van der Waals surface area (Å²) < 4.78 is 0. The summed E-state index contributed by atoms with van der Waals surface area (Å²) in [6, 6.07) is 17.4. The molecule has 4 rings (SSSR count). The standard InChI is InChI=1S/C19H20ClN/c1-19-11-4-12-21(19)13-17(14-7-9-15(20)10-8-14)16-5-2-3-6-18(16)19/h2-3,5-10,17H,4,11-13H2,1H3/t17-,19-/m0/s1. The van der Waals surface area contributed by atoms with Gasteiger partial charge in [-0.2, -0.15) is 0 Å². The van der Waals surface area contributed by atoms with E-state index in [2.05, 4.69) is 48.2 Å². The number of rotatable bonds is 1. The Morgan fingerprint density at radius 2 is 1.86 bits per heavy atom. The van der Waals surface area contributed by atoms with Crippen LogP contribution in [0.2, 0.25) is 5.02 Å². The summed E-state index contributed by atoms with van der Waals surface area (Å²) in [5.74, 6) is 0.463. The summed E-state index contributed by atoms with van der Waals surface area (Å²) >= 11 is 6.05. The smallest absolute Gasteiger partial charge is 0.0436 e. The molecule has 1 nitrogen and oxygen atoms in total. The van der Waals surface area contributed by atoms with E-state index in [0.717, 1.165) is 11.6 Å². The maximum atomic E-state index is 6.05. The number of fused-ring (bicyclic) bond motifs is 3. The van der Waals surface area contributed by atoms with Crippen LogP contribution in [-0.4, -0.2) is 18.0 Å². The van der Waals surface area contributed by atoms with Gasteiger partial charge in [0.15, 0.2) is 0 Å². The van der Waals surface area contributed by atoms with Crippen molar-refractivity contribution in [2.45, 2.75) is 31.2 Å². The number of hydrogen-bond donors (Lipinski definition) is 0. The molecule has 0 N–H and O–H groups in total. The van der Waals surface area contributed by atoms with E-state index in [4.69, 9.17) is 11.6 Å². The topological polar surface area (TPSA) is 3.24 Å². The minimum Gasteiger partial charge on any atom is -0.293 e. The zero-order chi connectivity index (χ0) is 14.4. The summed E-state index contributed by atoms with van der Waals surface area (Å²) in [5, 5.41) is 0.814. The molecule has 2 atom stereocenters. The van der Waals surface area contributed by atoms with E-state index in [1.807, 2.05) is 12.1 Å². The minimum absolute atomic E-state index is 0.236. The molecule has 21 heavy (non-hydrogen) atoms. The monoisotopic (exact) mass is 297 g/mol. The van der Waals surface area contributed by atoms with Crippen molar-refractivity contribution in [2.75, 3.05) is 13.1 Å². The van der Waals surface area contributed by atoms with Gasteiger partial charge in [-0.25, -0.2) is 0 Å².